The quantitative estimate of drug-likeness (QED) is 0.668. The van der Waals surface area contributed by atoms with E-state index in [-0.39, 0.29) is 12.2 Å². The molecular weight excluding hydrogens is 394 g/mol. The number of aliphatic carboxylic acids is 1. The molecular formula is C11H9F3INO4. The number of benzene rings is 1. The van der Waals surface area contributed by atoms with Crippen molar-refractivity contribution in [1.29, 1.82) is 0 Å². The molecule has 1 atom stereocenters. The number of halogens is 4. The zero-order chi connectivity index (χ0) is 15.5. The van der Waals surface area contributed by atoms with E-state index in [0.29, 0.717) is 9.13 Å². The molecule has 1 rings (SSSR count). The van der Waals surface area contributed by atoms with Crippen LogP contribution >= 0.6 is 22.6 Å². The van der Waals surface area contributed by atoms with Gasteiger partial charge in [0.15, 0.2) is 0 Å². The maximum atomic E-state index is 12.1. The van der Waals surface area contributed by atoms with Crippen LogP contribution in [0.1, 0.15) is 5.56 Å². The number of alkyl halides is 3. The Kier molecular flexibility index (Phi) is 5.20. The molecule has 0 saturated heterocycles. The fourth-order valence-corrected chi connectivity index (χ4v) is 1.93. The second kappa shape index (κ2) is 6.29. The summed E-state index contributed by atoms with van der Waals surface area (Å²) in [5.41, 5.74) is 0.377. The van der Waals surface area contributed by atoms with E-state index in [1.807, 2.05) is 0 Å². The van der Waals surface area contributed by atoms with Gasteiger partial charge in [0.05, 0.1) is 3.57 Å². The number of phenols is 1. The molecule has 0 saturated carbocycles. The summed E-state index contributed by atoms with van der Waals surface area (Å²) in [5.74, 6) is -3.91. The van der Waals surface area contributed by atoms with Crippen molar-refractivity contribution in [3.63, 3.8) is 0 Å². The molecule has 0 unspecified atom stereocenters. The number of carbonyl (C=O) groups excluding carboxylic acids is 1. The first-order chi connectivity index (χ1) is 9.11. The number of rotatable bonds is 4. The molecule has 5 nitrogen and oxygen atoms in total. The lowest BCUT2D eigenvalue weighted by atomic mass is 10.1. The average molecular weight is 403 g/mol. The van der Waals surface area contributed by atoms with Crippen LogP contribution in [0.25, 0.3) is 0 Å². The predicted octanol–water partition coefficient (Wildman–Crippen LogP) is 1.67. The Morgan fingerprint density at radius 1 is 1.35 bits per heavy atom. The molecule has 1 aromatic carbocycles. The highest BCUT2D eigenvalue weighted by atomic mass is 127. The summed E-state index contributed by atoms with van der Waals surface area (Å²) >= 11 is 1.79. The van der Waals surface area contributed by atoms with Gasteiger partial charge in [-0.25, -0.2) is 4.79 Å². The van der Waals surface area contributed by atoms with Gasteiger partial charge in [-0.2, -0.15) is 13.2 Å². The lowest BCUT2D eigenvalue weighted by Gasteiger charge is -2.16. The number of phenolic OH excluding ortho intramolecular Hbond substituents is 1. The lowest BCUT2D eigenvalue weighted by Crippen LogP contribution is -2.47. The summed E-state index contributed by atoms with van der Waals surface area (Å²) in [6.07, 6.45) is -5.47. The highest BCUT2D eigenvalue weighted by Crippen LogP contribution is 2.21. The van der Waals surface area contributed by atoms with Crippen molar-refractivity contribution in [2.45, 2.75) is 18.6 Å². The van der Waals surface area contributed by atoms with Gasteiger partial charge >= 0.3 is 18.1 Å². The van der Waals surface area contributed by atoms with E-state index in [1.54, 1.807) is 22.6 Å². The van der Waals surface area contributed by atoms with Crippen LogP contribution in [-0.4, -0.2) is 34.3 Å². The molecule has 0 spiro atoms. The fraction of sp³-hybridized carbons (Fsp3) is 0.273. The van der Waals surface area contributed by atoms with E-state index >= 15 is 0 Å². The van der Waals surface area contributed by atoms with Crippen LogP contribution in [0.15, 0.2) is 18.2 Å². The van der Waals surface area contributed by atoms with Crippen LogP contribution in [0.5, 0.6) is 5.75 Å². The Morgan fingerprint density at radius 2 is 1.95 bits per heavy atom. The number of carbonyl (C=O) groups is 2. The van der Waals surface area contributed by atoms with Gasteiger partial charge in [-0.15, -0.1) is 0 Å². The molecule has 0 aliphatic rings. The molecule has 0 bridgehead atoms. The van der Waals surface area contributed by atoms with Gasteiger partial charge in [0.1, 0.15) is 11.8 Å². The fourth-order valence-electron chi connectivity index (χ4n) is 1.35. The van der Waals surface area contributed by atoms with E-state index in [9.17, 15) is 27.9 Å². The van der Waals surface area contributed by atoms with Crippen LogP contribution in [0.4, 0.5) is 13.2 Å². The number of carboxylic acid groups (broad SMARTS) is 1. The minimum Gasteiger partial charge on any atom is -0.507 e. The Balaban J connectivity index is 2.85. The van der Waals surface area contributed by atoms with Gasteiger partial charge in [-0.1, -0.05) is 6.07 Å². The summed E-state index contributed by atoms with van der Waals surface area (Å²) in [6.45, 7) is 0. The normalized spacial score (nSPS) is 12.8. The topological polar surface area (TPSA) is 86.6 Å². The third-order valence-electron chi connectivity index (χ3n) is 2.31. The summed E-state index contributed by atoms with van der Waals surface area (Å²) in [7, 11) is 0. The number of nitrogens with one attached hydrogen (secondary N) is 1. The zero-order valence-electron chi connectivity index (χ0n) is 9.74. The summed E-state index contributed by atoms with van der Waals surface area (Å²) in [6, 6.07) is 2.38. The van der Waals surface area contributed by atoms with Crippen molar-refractivity contribution in [3.8, 4) is 5.75 Å². The van der Waals surface area contributed by atoms with Gasteiger partial charge < -0.3 is 15.5 Å². The average Bonchev–Trinajstić information content (AvgIpc) is 2.31. The molecule has 0 heterocycles. The van der Waals surface area contributed by atoms with E-state index in [1.165, 1.54) is 23.5 Å². The third-order valence-corrected chi connectivity index (χ3v) is 3.18. The molecule has 1 amide bonds. The van der Waals surface area contributed by atoms with E-state index in [4.69, 9.17) is 5.11 Å². The van der Waals surface area contributed by atoms with Gasteiger partial charge in [-0.05, 0) is 40.3 Å². The van der Waals surface area contributed by atoms with Gasteiger partial charge in [-0.3, -0.25) is 4.79 Å². The van der Waals surface area contributed by atoms with E-state index in [0.717, 1.165) is 0 Å². The Hall–Kier alpha value is -1.52. The predicted molar refractivity (Wildman–Crippen MR) is 70.1 cm³/mol. The SMILES string of the molecule is O=C(O)[C@H](Cc1ccc(O)c(I)c1)NC(=O)C(F)(F)F. The standard InChI is InChI=1S/C11H9F3INO4/c12-11(13,14)10(20)16-7(9(18)19)4-5-1-2-8(17)6(15)3-5/h1-3,7,17H,4H2,(H,16,20)(H,18,19)/t7-/m0/s1. The van der Waals surface area contributed by atoms with Crippen LogP contribution in [0.3, 0.4) is 0 Å². The van der Waals surface area contributed by atoms with Gasteiger partial charge in [0, 0.05) is 6.42 Å². The summed E-state index contributed by atoms with van der Waals surface area (Å²) in [4.78, 5) is 21.6. The first-order valence-corrected chi connectivity index (χ1v) is 6.27. The molecule has 0 aromatic heterocycles. The minimum atomic E-state index is -5.14. The van der Waals surface area contributed by atoms with E-state index < -0.39 is 24.1 Å². The van der Waals surface area contributed by atoms with Gasteiger partial charge in [0.2, 0.25) is 0 Å². The number of aromatic hydroxyl groups is 1. The van der Waals surface area contributed by atoms with Crippen molar-refractivity contribution in [2.75, 3.05) is 0 Å². The highest BCUT2D eigenvalue weighted by molar-refractivity contribution is 14.1. The van der Waals surface area contributed by atoms with Crippen molar-refractivity contribution in [1.82, 2.24) is 5.32 Å². The molecule has 0 aliphatic carbocycles. The summed E-state index contributed by atoms with van der Waals surface area (Å²) in [5, 5.41) is 19.5. The van der Waals surface area contributed by atoms with E-state index in [2.05, 4.69) is 0 Å². The maximum absolute atomic E-state index is 12.1. The van der Waals surface area contributed by atoms with Crippen LogP contribution in [0, 0.1) is 3.57 Å². The van der Waals surface area contributed by atoms with Gasteiger partial charge in [0.25, 0.3) is 0 Å². The second-order valence-electron chi connectivity index (χ2n) is 3.85. The Labute approximate surface area is 124 Å². The Morgan fingerprint density at radius 3 is 2.40 bits per heavy atom. The third kappa shape index (κ3) is 4.54. The molecule has 3 N–H and O–H groups in total. The van der Waals surface area contributed by atoms with Crippen LogP contribution < -0.4 is 5.32 Å². The summed E-state index contributed by atoms with van der Waals surface area (Å²) < 4.78 is 36.7. The molecule has 9 heteroatoms. The maximum Gasteiger partial charge on any atom is 0.471 e. The largest absolute Gasteiger partial charge is 0.507 e. The van der Waals surface area contributed by atoms with Crippen molar-refractivity contribution in [3.05, 3.63) is 27.3 Å². The number of hydrogen-bond donors (Lipinski definition) is 3. The van der Waals surface area contributed by atoms with Crippen LogP contribution in [-0.2, 0) is 16.0 Å². The zero-order valence-corrected chi connectivity index (χ0v) is 11.9. The Bertz CT molecular complexity index is 533. The number of carboxylic acids is 1. The number of hydrogen-bond acceptors (Lipinski definition) is 3. The lowest BCUT2D eigenvalue weighted by molar-refractivity contribution is -0.175. The highest BCUT2D eigenvalue weighted by Gasteiger charge is 2.40. The molecule has 0 aliphatic heterocycles. The second-order valence-corrected chi connectivity index (χ2v) is 5.01. The monoisotopic (exact) mass is 403 g/mol. The van der Waals surface area contributed by atoms with Crippen molar-refractivity contribution in [2.24, 2.45) is 0 Å². The molecule has 0 fully saturated rings. The molecule has 110 valence electrons. The molecule has 0 radical (unpaired) electrons. The molecule has 1 aromatic rings. The smallest absolute Gasteiger partial charge is 0.471 e. The van der Waals surface area contributed by atoms with Crippen molar-refractivity contribution >= 4 is 34.5 Å². The minimum absolute atomic E-state index is 0.0273. The molecule has 20 heavy (non-hydrogen) atoms. The number of amides is 1. The first kappa shape index (κ1) is 16.5. The first-order valence-electron chi connectivity index (χ1n) is 5.19. The van der Waals surface area contributed by atoms with Crippen molar-refractivity contribution < 1.29 is 33.0 Å². The van der Waals surface area contributed by atoms with Crippen LogP contribution in [0.2, 0.25) is 0 Å².